The molecule has 2 aromatic carbocycles. The lowest BCUT2D eigenvalue weighted by atomic mass is 10.1. The van der Waals surface area contributed by atoms with E-state index in [1.54, 1.807) is 19.2 Å². The van der Waals surface area contributed by atoms with Gasteiger partial charge < -0.3 is 10.1 Å². The van der Waals surface area contributed by atoms with Crippen molar-refractivity contribution in [3.63, 3.8) is 0 Å². The summed E-state index contributed by atoms with van der Waals surface area (Å²) in [5, 5.41) is 3.02. The maximum Gasteiger partial charge on any atom is 0.253 e. The molecule has 1 amide bonds. The molecule has 27 heavy (non-hydrogen) atoms. The minimum Gasteiger partial charge on any atom is -0.496 e. The Bertz CT molecular complexity index is 946. The highest BCUT2D eigenvalue weighted by molar-refractivity contribution is 7.92. The third-order valence-electron chi connectivity index (χ3n) is 4.47. The van der Waals surface area contributed by atoms with E-state index >= 15 is 0 Å². The Balaban J connectivity index is 1.74. The third-order valence-corrected chi connectivity index (χ3v) is 6.65. The lowest BCUT2D eigenvalue weighted by Crippen LogP contribution is -2.37. The van der Waals surface area contributed by atoms with Crippen molar-refractivity contribution in [1.82, 2.24) is 5.32 Å². The third kappa shape index (κ3) is 4.36. The number of sulfonamides is 1. The van der Waals surface area contributed by atoms with Crippen LogP contribution in [0, 0.1) is 0 Å². The van der Waals surface area contributed by atoms with Crippen molar-refractivity contribution in [3.05, 3.63) is 58.6 Å². The predicted molar refractivity (Wildman–Crippen MR) is 106 cm³/mol. The second-order valence-corrected chi connectivity index (χ2v) is 8.67. The fourth-order valence-corrected chi connectivity index (χ4v) is 4.93. The Hall–Kier alpha value is -2.25. The molecule has 0 radical (unpaired) electrons. The van der Waals surface area contributed by atoms with Gasteiger partial charge in [-0.3, -0.25) is 9.10 Å². The molecule has 1 heterocycles. The topological polar surface area (TPSA) is 75.7 Å². The van der Waals surface area contributed by atoms with Crippen molar-refractivity contribution in [2.24, 2.45) is 0 Å². The molecule has 2 aromatic rings. The van der Waals surface area contributed by atoms with Crippen LogP contribution >= 0.6 is 11.6 Å². The number of benzene rings is 2. The van der Waals surface area contributed by atoms with Crippen molar-refractivity contribution >= 4 is 33.2 Å². The van der Waals surface area contributed by atoms with Gasteiger partial charge in [0.15, 0.2) is 0 Å². The number of hydrogen-bond donors (Lipinski definition) is 1. The van der Waals surface area contributed by atoms with Gasteiger partial charge in [-0.05, 0) is 37.1 Å². The zero-order chi connectivity index (χ0) is 19.4. The van der Waals surface area contributed by atoms with Crippen LogP contribution in [0.1, 0.15) is 28.8 Å². The van der Waals surface area contributed by atoms with Crippen molar-refractivity contribution in [1.29, 1.82) is 0 Å². The van der Waals surface area contributed by atoms with E-state index < -0.39 is 10.0 Å². The first-order valence-corrected chi connectivity index (χ1v) is 10.6. The number of hydrogen-bond acceptors (Lipinski definition) is 4. The Labute approximate surface area is 164 Å². The van der Waals surface area contributed by atoms with Crippen molar-refractivity contribution in [3.8, 4) is 5.75 Å². The smallest absolute Gasteiger partial charge is 0.253 e. The lowest BCUT2D eigenvalue weighted by Gasteiger charge is -2.28. The number of methoxy groups -OCH3 is 1. The van der Waals surface area contributed by atoms with Gasteiger partial charge in [0.2, 0.25) is 10.0 Å². The second-order valence-electron chi connectivity index (χ2n) is 6.25. The first-order valence-electron chi connectivity index (χ1n) is 8.62. The van der Waals surface area contributed by atoms with Gasteiger partial charge >= 0.3 is 0 Å². The molecule has 0 aliphatic carbocycles. The maximum atomic E-state index is 12.5. The zero-order valence-corrected chi connectivity index (χ0v) is 16.5. The Morgan fingerprint density at radius 3 is 2.70 bits per heavy atom. The molecule has 0 spiro atoms. The highest BCUT2D eigenvalue weighted by Crippen LogP contribution is 2.28. The molecule has 8 heteroatoms. The quantitative estimate of drug-likeness (QED) is 0.824. The van der Waals surface area contributed by atoms with E-state index in [1.807, 2.05) is 24.3 Å². The van der Waals surface area contributed by atoms with Crippen LogP contribution in [-0.4, -0.2) is 33.7 Å². The molecule has 1 aliphatic rings. The van der Waals surface area contributed by atoms with Crippen LogP contribution in [0.15, 0.2) is 42.5 Å². The largest absolute Gasteiger partial charge is 0.496 e. The van der Waals surface area contributed by atoms with E-state index in [1.165, 1.54) is 10.4 Å². The summed E-state index contributed by atoms with van der Waals surface area (Å²) in [5.74, 6) is 0.486. The molecular weight excluding hydrogens is 388 g/mol. The Kier molecular flexibility index (Phi) is 5.92. The number of para-hydroxylation sites is 1. The minimum atomic E-state index is -3.32. The van der Waals surface area contributed by atoms with E-state index in [0.29, 0.717) is 36.5 Å². The summed E-state index contributed by atoms with van der Waals surface area (Å²) in [6.45, 7) is 0.722. The number of carbonyl (C=O) groups is 1. The number of nitrogens with zero attached hydrogens (tertiary/aromatic N) is 1. The van der Waals surface area contributed by atoms with Crippen LogP contribution < -0.4 is 14.4 Å². The van der Waals surface area contributed by atoms with Gasteiger partial charge in [0.05, 0.1) is 29.1 Å². The molecule has 1 aliphatic heterocycles. The van der Waals surface area contributed by atoms with E-state index in [0.717, 1.165) is 12.0 Å². The fourth-order valence-electron chi connectivity index (χ4n) is 3.04. The fraction of sp³-hybridized carbons (Fsp3) is 0.316. The number of halogens is 1. The SMILES string of the molecule is COc1ccccc1CNC(=O)c1ccc(N2CCCCS2(=O)=O)cc1Cl. The number of rotatable bonds is 5. The molecule has 1 fully saturated rings. The lowest BCUT2D eigenvalue weighted by molar-refractivity contribution is 0.0951. The predicted octanol–water partition coefficient (Wildman–Crippen LogP) is 3.21. The number of nitrogens with one attached hydrogen (secondary N) is 1. The molecule has 1 N–H and O–H groups in total. The summed E-state index contributed by atoms with van der Waals surface area (Å²) in [6, 6.07) is 12.1. The van der Waals surface area contributed by atoms with Crippen LogP contribution in [-0.2, 0) is 16.6 Å². The van der Waals surface area contributed by atoms with Crippen LogP contribution in [0.2, 0.25) is 5.02 Å². The number of amides is 1. The van der Waals surface area contributed by atoms with Crippen molar-refractivity contribution in [2.45, 2.75) is 19.4 Å². The zero-order valence-electron chi connectivity index (χ0n) is 14.9. The van der Waals surface area contributed by atoms with E-state index in [2.05, 4.69) is 5.32 Å². The monoisotopic (exact) mass is 408 g/mol. The first-order chi connectivity index (χ1) is 12.9. The summed E-state index contributed by atoms with van der Waals surface area (Å²) in [5.41, 5.74) is 1.63. The molecular formula is C19H21ClN2O4S. The highest BCUT2D eigenvalue weighted by Gasteiger charge is 2.26. The first kappa shape index (κ1) is 19.5. The van der Waals surface area contributed by atoms with Gasteiger partial charge in [0, 0.05) is 18.7 Å². The Morgan fingerprint density at radius 2 is 2.00 bits per heavy atom. The standard InChI is InChI=1S/C19H21ClN2O4S/c1-26-18-7-3-2-6-14(18)13-21-19(23)16-9-8-15(12-17(16)20)22-10-4-5-11-27(22,24)25/h2-3,6-9,12H,4-5,10-11,13H2,1H3,(H,21,23). The average molecular weight is 409 g/mol. The molecule has 0 unspecified atom stereocenters. The molecule has 144 valence electrons. The molecule has 3 rings (SSSR count). The van der Waals surface area contributed by atoms with Gasteiger partial charge in [-0.25, -0.2) is 8.42 Å². The summed E-state index contributed by atoms with van der Waals surface area (Å²) >= 11 is 6.27. The second kappa shape index (κ2) is 8.19. The Morgan fingerprint density at radius 1 is 1.22 bits per heavy atom. The van der Waals surface area contributed by atoms with Crippen LogP contribution in [0.4, 0.5) is 5.69 Å². The van der Waals surface area contributed by atoms with E-state index in [9.17, 15) is 13.2 Å². The average Bonchev–Trinajstić information content (AvgIpc) is 2.66. The maximum absolute atomic E-state index is 12.5. The highest BCUT2D eigenvalue weighted by atomic mass is 35.5. The van der Waals surface area contributed by atoms with Gasteiger partial charge in [-0.2, -0.15) is 0 Å². The molecule has 0 atom stereocenters. The van der Waals surface area contributed by atoms with Gasteiger partial charge in [0.25, 0.3) is 5.91 Å². The normalized spacial score (nSPS) is 16.0. The summed E-state index contributed by atoms with van der Waals surface area (Å²) in [4.78, 5) is 12.5. The van der Waals surface area contributed by atoms with E-state index in [-0.39, 0.29) is 16.7 Å². The van der Waals surface area contributed by atoms with Crippen LogP contribution in [0.5, 0.6) is 5.75 Å². The van der Waals surface area contributed by atoms with E-state index in [4.69, 9.17) is 16.3 Å². The van der Waals surface area contributed by atoms with Crippen molar-refractivity contribution in [2.75, 3.05) is 23.7 Å². The number of anilines is 1. The molecule has 0 aromatic heterocycles. The van der Waals surface area contributed by atoms with Gasteiger partial charge in [0.1, 0.15) is 5.75 Å². The van der Waals surface area contributed by atoms with Crippen molar-refractivity contribution < 1.29 is 17.9 Å². The molecule has 6 nitrogen and oxygen atoms in total. The summed E-state index contributed by atoms with van der Waals surface area (Å²) < 4.78 is 31.1. The minimum absolute atomic E-state index is 0.131. The van der Waals surface area contributed by atoms with Crippen LogP contribution in [0.3, 0.4) is 0 Å². The number of carbonyl (C=O) groups excluding carboxylic acids is 1. The molecule has 0 saturated carbocycles. The van der Waals surface area contributed by atoms with Crippen LogP contribution in [0.25, 0.3) is 0 Å². The number of ether oxygens (including phenoxy) is 1. The summed E-state index contributed by atoms with van der Waals surface area (Å²) in [7, 11) is -1.75. The molecule has 0 bridgehead atoms. The summed E-state index contributed by atoms with van der Waals surface area (Å²) in [6.07, 6.45) is 1.47. The van der Waals surface area contributed by atoms with Gasteiger partial charge in [-0.1, -0.05) is 29.8 Å². The molecule has 1 saturated heterocycles. The van der Waals surface area contributed by atoms with Gasteiger partial charge in [-0.15, -0.1) is 0 Å².